The molecule has 0 atom stereocenters. The SMILES string of the molecule is [2H]c1cccc(N(c2c([2H])cc(-c3nc4c([2H])c([2H])c([2H])c([2H])c4c4c3c([2H])c(-c3nc(-c5ccc([2H])c([2H])c5[2H])nc(-c5cc([2H])c([2H])c([2H])c5[2H])n3)c3c([2H])c([2H])c([2H])c([2H])c34)c([2H])c2[2H])c2c([2H])c([2H])c([2H])c([2H])c2[2H])c1[2H]. The number of nitrogens with zero attached hydrogens (tertiary/aromatic N) is 5. The molecule has 0 radical (unpaired) electrons. The lowest BCUT2D eigenvalue weighted by Gasteiger charge is -2.25. The van der Waals surface area contributed by atoms with E-state index in [0.29, 0.717) is 0 Å². The molecule has 0 N–H and O–H groups in total. The van der Waals surface area contributed by atoms with Crippen molar-refractivity contribution in [1.82, 2.24) is 19.9 Å². The average Bonchev–Trinajstić information content (AvgIpc) is 2.41. The van der Waals surface area contributed by atoms with E-state index in [-0.39, 0.29) is 22.9 Å². The maximum Gasteiger partial charge on any atom is 0.164 e. The van der Waals surface area contributed by atoms with Gasteiger partial charge in [-0.2, -0.15) is 0 Å². The van der Waals surface area contributed by atoms with Crippen molar-refractivity contribution in [2.24, 2.45) is 0 Å². The summed E-state index contributed by atoms with van der Waals surface area (Å²) in [5.41, 5.74) is -4.77. The van der Waals surface area contributed by atoms with Crippen molar-refractivity contribution in [3.63, 3.8) is 0 Å². The van der Waals surface area contributed by atoms with E-state index in [9.17, 15) is 9.60 Å². The standard InChI is InChI=1S/C50H33N5/c1-5-17-35(18-6-1)48-52-49(36-19-7-2-8-20-36)54-50(53-48)43-33-44-46(41-26-14-13-25-40(41)43)42-27-15-16-28-45(42)51-47(44)34-29-31-39(32-30-34)55(37-21-9-3-10-22-37)38-23-11-4-12-24-38/h1-33H/i1D,2D,3D,5D,6D,7D,9D,10D,11D,13D,14D,15D,16D,17D,19D,21D,22D,23D,25D,26D,27D,28D,29D,31D,32D,33D. The topological polar surface area (TPSA) is 54.8 Å². The van der Waals surface area contributed by atoms with Gasteiger partial charge in [0, 0.05) is 55.5 Å². The van der Waals surface area contributed by atoms with Gasteiger partial charge in [-0.25, -0.2) is 19.9 Å². The Labute approximate surface area is 355 Å². The van der Waals surface area contributed by atoms with Crippen LogP contribution in [0.25, 0.3) is 77.9 Å². The molecule has 0 amide bonds. The Balaban J connectivity index is 1.43. The van der Waals surface area contributed by atoms with Crippen molar-refractivity contribution < 1.29 is 35.6 Å². The first kappa shape index (κ1) is 15.1. The molecule has 55 heavy (non-hydrogen) atoms. The smallest absolute Gasteiger partial charge is 0.164 e. The Morgan fingerprint density at radius 2 is 1.05 bits per heavy atom. The second kappa shape index (κ2) is 13.8. The van der Waals surface area contributed by atoms with Crippen LogP contribution in [-0.2, 0) is 0 Å². The van der Waals surface area contributed by atoms with Gasteiger partial charge in [-0.05, 0) is 59.1 Å². The summed E-state index contributed by atoms with van der Waals surface area (Å²) in [6.07, 6.45) is 0. The summed E-state index contributed by atoms with van der Waals surface area (Å²) in [5, 5.41) is -2.69. The summed E-state index contributed by atoms with van der Waals surface area (Å²) in [6, 6.07) is -11.9. The van der Waals surface area contributed by atoms with Crippen molar-refractivity contribution in [3.8, 4) is 45.4 Å². The van der Waals surface area contributed by atoms with Crippen molar-refractivity contribution >= 4 is 49.5 Å². The minimum Gasteiger partial charge on any atom is -0.311 e. The third-order valence-electron chi connectivity index (χ3n) is 8.29. The molecule has 0 unspecified atom stereocenters. The summed E-state index contributed by atoms with van der Waals surface area (Å²) in [6.45, 7) is 0. The van der Waals surface area contributed by atoms with E-state index in [1.807, 2.05) is 0 Å². The molecule has 0 spiro atoms. The second-order valence-corrected chi connectivity index (χ2v) is 11.5. The van der Waals surface area contributed by atoms with Crippen LogP contribution in [0.2, 0.25) is 0 Å². The third-order valence-corrected chi connectivity index (χ3v) is 8.29. The third kappa shape index (κ3) is 5.94. The number of rotatable bonds is 7. The molecule has 0 fully saturated rings. The Bertz CT molecular complexity index is 4490. The number of anilines is 3. The fraction of sp³-hybridized carbons (Fsp3) is 0. The van der Waals surface area contributed by atoms with Crippen LogP contribution in [0.15, 0.2) is 200 Å². The fourth-order valence-electron chi connectivity index (χ4n) is 5.93. The number of hydrogen-bond donors (Lipinski definition) is 0. The lowest BCUT2D eigenvalue weighted by molar-refractivity contribution is 1.08. The number of fused-ring (bicyclic) bond motifs is 5. The van der Waals surface area contributed by atoms with Crippen molar-refractivity contribution in [2.45, 2.75) is 0 Å². The van der Waals surface area contributed by atoms with Crippen LogP contribution in [0.3, 0.4) is 0 Å². The molecule has 0 bridgehead atoms. The predicted molar refractivity (Wildman–Crippen MR) is 227 cm³/mol. The predicted octanol–water partition coefficient (Wildman–Crippen LogP) is 12.9. The highest BCUT2D eigenvalue weighted by atomic mass is 15.1. The zero-order valence-electron chi connectivity index (χ0n) is 53.8. The molecule has 0 aliphatic rings. The molecule has 2 heterocycles. The van der Waals surface area contributed by atoms with Crippen molar-refractivity contribution in [3.05, 3.63) is 200 Å². The minimum absolute atomic E-state index is 0.251. The molecule has 5 nitrogen and oxygen atoms in total. The number of pyridine rings is 1. The Morgan fingerprint density at radius 3 is 1.93 bits per heavy atom. The number of aromatic nitrogens is 4. The molecule has 5 heteroatoms. The van der Waals surface area contributed by atoms with E-state index in [0.717, 1.165) is 23.1 Å². The Morgan fingerprint density at radius 1 is 0.382 bits per heavy atom. The van der Waals surface area contributed by atoms with Crippen LogP contribution in [-0.4, -0.2) is 19.9 Å². The molecule has 0 saturated heterocycles. The van der Waals surface area contributed by atoms with Crippen LogP contribution in [0.1, 0.15) is 35.6 Å². The van der Waals surface area contributed by atoms with Gasteiger partial charge in [-0.15, -0.1) is 0 Å². The van der Waals surface area contributed by atoms with Gasteiger partial charge < -0.3 is 4.90 Å². The van der Waals surface area contributed by atoms with Gasteiger partial charge in [-0.3, -0.25) is 0 Å². The highest BCUT2D eigenvalue weighted by molar-refractivity contribution is 6.25. The first-order chi connectivity index (χ1) is 38.0. The summed E-state index contributed by atoms with van der Waals surface area (Å²) < 4.78 is 232. The lowest BCUT2D eigenvalue weighted by Crippen LogP contribution is -2.09. The molecule has 2 aromatic heterocycles. The first-order valence-electron chi connectivity index (χ1n) is 29.3. The molecule has 10 rings (SSSR count). The minimum atomic E-state index is -0.962. The normalized spacial score (nSPS) is 17.9. The monoisotopic (exact) mass is 729 g/mol. The first-order valence-corrected chi connectivity index (χ1v) is 16.3. The summed E-state index contributed by atoms with van der Waals surface area (Å²) >= 11 is 0. The van der Waals surface area contributed by atoms with Gasteiger partial charge in [0.25, 0.3) is 0 Å². The Kier molecular flexibility index (Phi) is 3.79. The van der Waals surface area contributed by atoms with E-state index in [2.05, 4.69) is 19.9 Å². The molecule has 0 saturated carbocycles. The molecule has 8 aromatic carbocycles. The van der Waals surface area contributed by atoms with Gasteiger partial charge >= 0.3 is 0 Å². The van der Waals surface area contributed by atoms with Crippen LogP contribution >= 0.6 is 0 Å². The van der Waals surface area contributed by atoms with E-state index < -0.39 is 229 Å². The maximum atomic E-state index is 10.3. The van der Waals surface area contributed by atoms with E-state index in [4.69, 9.17) is 26.0 Å². The highest BCUT2D eigenvalue weighted by Crippen LogP contribution is 2.42. The highest BCUT2D eigenvalue weighted by Gasteiger charge is 2.20. The Hall–Kier alpha value is -7.50. The molecule has 258 valence electrons. The van der Waals surface area contributed by atoms with Crippen LogP contribution < -0.4 is 4.90 Å². The summed E-state index contributed by atoms with van der Waals surface area (Å²) in [7, 11) is 0. The van der Waals surface area contributed by atoms with Gasteiger partial charge in [0.1, 0.15) is 0 Å². The molecule has 0 aliphatic carbocycles. The van der Waals surface area contributed by atoms with Crippen molar-refractivity contribution in [1.29, 1.82) is 0 Å². The number of hydrogen-bond acceptors (Lipinski definition) is 5. The largest absolute Gasteiger partial charge is 0.311 e. The average molecular weight is 730 g/mol. The number of para-hydroxylation sites is 3. The zero-order valence-corrected chi connectivity index (χ0v) is 27.8. The van der Waals surface area contributed by atoms with Gasteiger partial charge in [0.05, 0.1) is 46.9 Å². The summed E-state index contributed by atoms with van der Waals surface area (Å²) in [4.78, 5) is 19.0. The molecular weight excluding hydrogens is 671 g/mol. The van der Waals surface area contributed by atoms with E-state index >= 15 is 0 Å². The van der Waals surface area contributed by atoms with Gasteiger partial charge in [0.15, 0.2) is 17.5 Å². The quantitative estimate of drug-likeness (QED) is 0.153. The number of benzene rings is 8. The lowest BCUT2D eigenvalue weighted by atomic mass is 9.92. The molecular formula is C50H33N5. The second-order valence-electron chi connectivity index (χ2n) is 11.5. The zero-order chi connectivity index (χ0) is 59.2. The van der Waals surface area contributed by atoms with E-state index in [1.165, 1.54) is 24.3 Å². The van der Waals surface area contributed by atoms with Crippen LogP contribution in [0, 0.1) is 0 Å². The summed E-state index contributed by atoms with van der Waals surface area (Å²) in [5.74, 6) is -1.75. The van der Waals surface area contributed by atoms with Gasteiger partial charge in [0.2, 0.25) is 0 Å². The van der Waals surface area contributed by atoms with Crippen LogP contribution in [0.5, 0.6) is 0 Å². The maximum absolute atomic E-state index is 10.3. The molecule has 10 aromatic rings. The van der Waals surface area contributed by atoms with Crippen molar-refractivity contribution in [2.75, 3.05) is 4.90 Å². The van der Waals surface area contributed by atoms with Crippen LogP contribution in [0.4, 0.5) is 17.1 Å². The fourth-order valence-corrected chi connectivity index (χ4v) is 5.93. The van der Waals surface area contributed by atoms with Gasteiger partial charge in [-0.1, -0.05) is 151 Å². The van der Waals surface area contributed by atoms with E-state index in [1.54, 1.807) is 0 Å². The molecule has 0 aliphatic heterocycles.